The van der Waals surface area contributed by atoms with E-state index in [1.165, 1.54) is 12.1 Å². The van der Waals surface area contributed by atoms with Gasteiger partial charge in [0.25, 0.3) is 0 Å². The van der Waals surface area contributed by atoms with Crippen molar-refractivity contribution < 1.29 is 14.6 Å². The van der Waals surface area contributed by atoms with Gasteiger partial charge in [-0.1, -0.05) is 18.2 Å². The Morgan fingerprint density at radius 1 is 1.18 bits per heavy atom. The molecule has 22 heavy (non-hydrogen) atoms. The second-order valence-corrected chi connectivity index (χ2v) is 4.77. The SMILES string of the molecule is COc1ccc(C=C(C#N)c2ccc(C(=O)O)cc2)c(C)c1. The number of nitrogens with zero attached hydrogens (tertiary/aromatic N) is 1. The van der Waals surface area contributed by atoms with Gasteiger partial charge in [0.05, 0.1) is 24.3 Å². The summed E-state index contributed by atoms with van der Waals surface area (Å²) in [5.41, 5.74) is 3.27. The van der Waals surface area contributed by atoms with E-state index in [0.717, 1.165) is 16.9 Å². The van der Waals surface area contributed by atoms with E-state index in [2.05, 4.69) is 6.07 Å². The summed E-state index contributed by atoms with van der Waals surface area (Å²) in [4.78, 5) is 10.9. The first-order valence-electron chi connectivity index (χ1n) is 6.65. The number of benzene rings is 2. The first kappa shape index (κ1) is 15.3. The Morgan fingerprint density at radius 3 is 2.32 bits per heavy atom. The molecule has 2 aromatic carbocycles. The van der Waals surface area contributed by atoms with Crippen molar-refractivity contribution >= 4 is 17.6 Å². The zero-order valence-electron chi connectivity index (χ0n) is 12.3. The Balaban J connectivity index is 2.39. The Morgan fingerprint density at radius 2 is 1.82 bits per heavy atom. The Labute approximate surface area is 128 Å². The molecule has 0 bridgehead atoms. The molecule has 2 rings (SSSR count). The minimum Gasteiger partial charge on any atom is -0.497 e. The average Bonchev–Trinajstić information content (AvgIpc) is 2.53. The van der Waals surface area contributed by atoms with E-state index in [1.807, 2.05) is 25.1 Å². The third-order valence-electron chi connectivity index (χ3n) is 3.34. The molecule has 0 saturated heterocycles. The summed E-state index contributed by atoms with van der Waals surface area (Å²) in [6, 6.07) is 14.0. The van der Waals surface area contributed by atoms with Gasteiger partial charge in [0.15, 0.2) is 0 Å². The van der Waals surface area contributed by atoms with Crippen molar-refractivity contribution in [1.29, 1.82) is 5.26 Å². The number of carbonyl (C=O) groups is 1. The monoisotopic (exact) mass is 293 g/mol. The zero-order chi connectivity index (χ0) is 16.1. The quantitative estimate of drug-likeness (QED) is 0.688. The van der Waals surface area contributed by atoms with Gasteiger partial charge in [-0.2, -0.15) is 5.26 Å². The molecule has 0 heterocycles. The maximum Gasteiger partial charge on any atom is 0.335 e. The number of carboxylic acid groups (broad SMARTS) is 1. The largest absolute Gasteiger partial charge is 0.497 e. The lowest BCUT2D eigenvalue weighted by molar-refractivity contribution is 0.0697. The van der Waals surface area contributed by atoms with Crippen LogP contribution in [0, 0.1) is 18.3 Å². The third kappa shape index (κ3) is 3.33. The molecular formula is C18H15NO3. The minimum atomic E-state index is -0.986. The van der Waals surface area contributed by atoms with Crippen molar-refractivity contribution in [2.75, 3.05) is 7.11 Å². The van der Waals surface area contributed by atoms with Gasteiger partial charge in [0.1, 0.15) is 5.75 Å². The van der Waals surface area contributed by atoms with Crippen molar-refractivity contribution in [3.8, 4) is 11.8 Å². The molecule has 0 aromatic heterocycles. The molecule has 2 aromatic rings. The fraction of sp³-hybridized carbons (Fsp3) is 0.111. The first-order chi connectivity index (χ1) is 10.5. The maximum atomic E-state index is 10.9. The number of ether oxygens (including phenoxy) is 1. The fourth-order valence-corrected chi connectivity index (χ4v) is 2.07. The molecule has 0 aliphatic carbocycles. The standard InChI is InChI=1S/C18H15NO3/c1-12-9-17(22-2)8-7-15(12)10-16(11-19)13-3-5-14(6-4-13)18(20)21/h3-10H,1-2H3,(H,20,21). The van der Waals surface area contributed by atoms with Crippen LogP contribution in [0.3, 0.4) is 0 Å². The molecule has 0 amide bonds. The topological polar surface area (TPSA) is 70.3 Å². The number of hydrogen-bond donors (Lipinski definition) is 1. The van der Waals surface area contributed by atoms with Crippen LogP contribution in [0.2, 0.25) is 0 Å². The van der Waals surface area contributed by atoms with E-state index in [0.29, 0.717) is 11.1 Å². The van der Waals surface area contributed by atoms with Crippen LogP contribution in [0.25, 0.3) is 11.6 Å². The predicted molar refractivity (Wildman–Crippen MR) is 84.6 cm³/mol. The van der Waals surface area contributed by atoms with E-state index >= 15 is 0 Å². The van der Waals surface area contributed by atoms with E-state index < -0.39 is 5.97 Å². The Bertz CT molecular complexity index is 768. The molecule has 0 aliphatic heterocycles. The van der Waals surface area contributed by atoms with Gasteiger partial charge in [-0.15, -0.1) is 0 Å². The van der Waals surface area contributed by atoms with Gasteiger partial charge >= 0.3 is 5.97 Å². The molecule has 0 radical (unpaired) electrons. The summed E-state index contributed by atoms with van der Waals surface area (Å²) in [5.74, 6) is -0.223. The van der Waals surface area contributed by atoms with Crippen LogP contribution in [-0.4, -0.2) is 18.2 Å². The lowest BCUT2D eigenvalue weighted by Gasteiger charge is -2.06. The lowest BCUT2D eigenvalue weighted by Crippen LogP contribution is -1.95. The second kappa shape index (κ2) is 6.59. The maximum absolute atomic E-state index is 10.9. The van der Waals surface area contributed by atoms with Crippen LogP contribution >= 0.6 is 0 Å². The van der Waals surface area contributed by atoms with Gasteiger partial charge < -0.3 is 9.84 Å². The molecular weight excluding hydrogens is 278 g/mol. The summed E-state index contributed by atoms with van der Waals surface area (Å²) in [6.07, 6.45) is 1.78. The second-order valence-electron chi connectivity index (χ2n) is 4.77. The molecule has 0 spiro atoms. The number of methoxy groups -OCH3 is 1. The molecule has 4 heteroatoms. The number of rotatable bonds is 4. The van der Waals surface area contributed by atoms with Gasteiger partial charge in [-0.25, -0.2) is 4.79 Å². The molecule has 0 saturated carbocycles. The van der Waals surface area contributed by atoms with Gasteiger partial charge in [0, 0.05) is 0 Å². The Hall–Kier alpha value is -3.06. The molecule has 4 nitrogen and oxygen atoms in total. The number of aromatic carboxylic acids is 1. The van der Waals surface area contributed by atoms with Crippen molar-refractivity contribution in [2.45, 2.75) is 6.92 Å². The number of aryl methyl sites for hydroxylation is 1. The van der Waals surface area contributed by atoms with Gasteiger partial charge in [0.2, 0.25) is 0 Å². The summed E-state index contributed by atoms with van der Waals surface area (Å²) in [5, 5.41) is 18.3. The van der Waals surface area contributed by atoms with Crippen LogP contribution < -0.4 is 4.74 Å². The average molecular weight is 293 g/mol. The van der Waals surface area contributed by atoms with Crippen molar-refractivity contribution in [3.05, 3.63) is 64.7 Å². The smallest absolute Gasteiger partial charge is 0.335 e. The van der Waals surface area contributed by atoms with Crippen LogP contribution in [0.1, 0.15) is 27.0 Å². The van der Waals surface area contributed by atoms with Crippen molar-refractivity contribution in [3.63, 3.8) is 0 Å². The molecule has 0 aliphatic rings. The summed E-state index contributed by atoms with van der Waals surface area (Å²) in [6.45, 7) is 1.94. The van der Waals surface area contributed by atoms with E-state index in [4.69, 9.17) is 9.84 Å². The number of nitriles is 1. The van der Waals surface area contributed by atoms with Crippen LogP contribution in [-0.2, 0) is 0 Å². The number of carboxylic acids is 1. The van der Waals surface area contributed by atoms with Crippen LogP contribution in [0.15, 0.2) is 42.5 Å². The predicted octanol–water partition coefficient (Wildman–Crippen LogP) is 3.77. The van der Waals surface area contributed by atoms with E-state index in [9.17, 15) is 10.1 Å². The van der Waals surface area contributed by atoms with Crippen LogP contribution in [0.5, 0.6) is 5.75 Å². The molecule has 0 fully saturated rings. The summed E-state index contributed by atoms with van der Waals surface area (Å²) >= 11 is 0. The molecule has 0 atom stereocenters. The normalized spacial score (nSPS) is 10.9. The number of hydrogen-bond acceptors (Lipinski definition) is 3. The molecule has 110 valence electrons. The Kier molecular flexibility index (Phi) is 4.60. The van der Waals surface area contributed by atoms with Gasteiger partial charge in [-0.3, -0.25) is 0 Å². The zero-order valence-corrected chi connectivity index (χ0v) is 12.3. The highest BCUT2D eigenvalue weighted by atomic mass is 16.5. The highest BCUT2D eigenvalue weighted by molar-refractivity contribution is 5.92. The number of allylic oxidation sites excluding steroid dienone is 1. The highest BCUT2D eigenvalue weighted by Crippen LogP contribution is 2.23. The van der Waals surface area contributed by atoms with Gasteiger partial charge in [-0.05, 0) is 54.0 Å². The third-order valence-corrected chi connectivity index (χ3v) is 3.34. The first-order valence-corrected chi connectivity index (χ1v) is 6.65. The fourth-order valence-electron chi connectivity index (χ4n) is 2.07. The van der Waals surface area contributed by atoms with Crippen LogP contribution in [0.4, 0.5) is 0 Å². The summed E-state index contributed by atoms with van der Waals surface area (Å²) < 4.78 is 5.16. The highest BCUT2D eigenvalue weighted by Gasteiger charge is 2.06. The minimum absolute atomic E-state index is 0.196. The van der Waals surface area contributed by atoms with Crippen molar-refractivity contribution in [1.82, 2.24) is 0 Å². The van der Waals surface area contributed by atoms with Crippen molar-refractivity contribution in [2.24, 2.45) is 0 Å². The summed E-state index contributed by atoms with van der Waals surface area (Å²) in [7, 11) is 1.61. The molecule has 0 unspecified atom stereocenters. The van der Waals surface area contributed by atoms with E-state index in [1.54, 1.807) is 25.3 Å². The van der Waals surface area contributed by atoms with E-state index in [-0.39, 0.29) is 5.56 Å². The lowest BCUT2D eigenvalue weighted by atomic mass is 10.00. The molecule has 1 N–H and O–H groups in total.